The molecule has 0 aliphatic heterocycles. The summed E-state index contributed by atoms with van der Waals surface area (Å²) in [5.74, 6) is -2.00. The fourth-order valence-electron chi connectivity index (χ4n) is 3.48. The van der Waals surface area contributed by atoms with E-state index >= 15 is 0 Å². The fraction of sp³-hybridized carbons (Fsp3) is 0.391. The van der Waals surface area contributed by atoms with Crippen LogP contribution in [0.25, 0.3) is 11.0 Å². The highest BCUT2D eigenvalue weighted by Crippen LogP contribution is 2.34. The van der Waals surface area contributed by atoms with Gasteiger partial charge < -0.3 is 19.9 Å². The zero-order chi connectivity index (χ0) is 25.6. The average molecular weight is 519 g/mol. The lowest BCUT2D eigenvalue weighted by Crippen LogP contribution is -2.25. The van der Waals surface area contributed by atoms with Crippen LogP contribution in [0.5, 0.6) is 0 Å². The molecule has 1 heterocycles. The summed E-state index contributed by atoms with van der Waals surface area (Å²) in [6.45, 7) is 8.47. The van der Waals surface area contributed by atoms with Gasteiger partial charge in [0.1, 0.15) is 0 Å². The molecule has 186 valence electrons. The second-order valence-corrected chi connectivity index (χ2v) is 8.48. The second kappa shape index (κ2) is 11.7. The quantitative estimate of drug-likeness (QED) is 0.346. The molecular weight excluding hydrogens is 492 g/mol. The Balaban J connectivity index is 0.000000509. The van der Waals surface area contributed by atoms with E-state index in [2.05, 4.69) is 46.8 Å². The number of halogens is 5. The van der Waals surface area contributed by atoms with Crippen LogP contribution in [0.15, 0.2) is 30.3 Å². The Bertz CT molecular complexity index is 1120. The van der Waals surface area contributed by atoms with E-state index in [0.717, 1.165) is 54.2 Å². The van der Waals surface area contributed by atoms with Gasteiger partial charge in [-0.1, -0.05) is 43.1 Å². The van der Waals surface area contributed by atoms with Crippen LogP contribution in [-0.4, -0.2) is 39.9 Å². The molecule has 2 N–H and O–H groups in total. The molecule has 0 aliphatic rings. The van der Waals surface area contributed by atoms with Crippen molar-refractivity contribution in [3.8, 4) is 0 Å². The van der Waals surface area contributed by atoms with Gasteiger partial charge >= 0.3 is 12.1 Å². The van der Waals surface area contributed by atoms with Gasteiger partial charge in [-0.3, -0.25) is 0 Å². The van der Waals surface area contributed by atoms with Crippen molar-refractivity contribution in [3.63, 3.8) is 0 Å². The van der Waals surface area contributed by atoms with E-state index in [-0.39, 0.29) is 0 Å². The third-order valence-corrected chi connectivity index (χ3v) is 5.45. The smallest absolute Gasteiger partial charge is 0.475 e. The molecular formula is C23H27Cl2F3N4O2. The van der Waals surface area contributed by atoms with Gasteiger partial charge in [-0.25, -0.2) is 9.78 Å². The molecule has 0 spiro atoms. The number of hydrogen-bond acceptors (Lipinski definition) is 4. The van der Waals surface area contributed by atoms with E-state index < -0.39 is 12.1 Å². The van der Waals surface area contributed by atoms with Crippen molar-refractivity contribution < 1.29 is 23.1 Å². The zero-order valence-corrected chi connectivity index (χ0v) is 20.8. The summed E-state index contributed by atoms with van der Waals surface area (Å²) < 4.78 is 33.8. The van der Waals surface area contributed by atoms with Crippen molar-refractivity contribution in [3.05, 3.63) is 45.9 Å². The van der Waals surface area contributed by atoms with Crippen molar-refractivity contribution in [1.82, 2.24) is 9.55 Å². The number of aliphatic carboxylic acids is 1. The van der Waals surface area contributed by atoms with E-state index in [1.807, 2.05) is 20.0 Å². The molecule has 34 heavy (non-hydrogen) atoms. The van der Waals surface area contributed by atoms with Crippen LogP contribution in [0.3, 0.4) is 0 Å². The first kappa shape index (κ1) is 27.6. The lowest BCUT2D eigenvalue weighted by atomic mass is 10.2. The molecule has 0 saturated heterocycles. The molecule has 0 unspecified atom stereocenters. The summed E-state index contributed by atoms with van der Waals surface area (Å²) in [4.78, 5) is 16.1. The number of imidazole rings is 1. The van der Waals surface area contributed by atoms with Crippen LogP contribution < -0.4 is 10.2 Å². The summed E-state index contributed by atoms with van der Waals surface area (Å²) in [5.41, 5.74) is 5.14. The van der Waals surface area contributed by atoms with Crippen LogP contribution >= 0.6 is 23.2 Å². The molecule has 11 heteroatoms. The number of alkyl halides is 3. The molecule has 0 amide bonds. The molecule has 0 fully saturated rings. The van der Waals surface area contributed by atoms with Crippen molar-refractivity contribution in [2.24, 2.45) is 7.05 Å². The molecule has 2 aromatic carbocycles. The molecule has 3 aromatic rings. The number of fused-ring (bicyclic) bond motifs is 1. The van der Waals surface area contributed by atoms with Crippen LogP contribution in [0.1, 0.15) is 32.3 Å². The summed E-state index contributed by atoms with van der Waals surface area (Å²) in [6, 6.07) is 9.95. The first-order valence-corrected chi connectivity index (χ1v) is 11.4. The van der Waals surface area contributed by atoms with E-state index in [0.29, 0.717) is 10.0 Å². The number of carboxylic acids is 1. The second-order valence-electron chi connectivity index (χ2n) is 7.63. The first-order chi connectivity index (χ1) is 15.9. The number of aromatic nitrogens is 2. The molecule has 3 rings (SSSR count). The Labute approximate surface area is 206 Å². The number of anilines is 3. The summed E-state index contributed by atoms with van der Waals surface area (Å²) in [5, 5.41) is 11.7. The Hall–Kier alpha value is -2.65. The highest BCUT2D eigenvalue weighted by Gasteiger charge is 2.38. The maximum Gasteiger partial charge on any atom is 0.490 e. The molecule has 6 nitrogen and oxygen atoms in total. The van der Waals surface area contributed by atoms with Crippen molar-refractivity contribution in [1.29, 1.82) is 0 Å². The molecule has 0 saturated carbocycles. The van der Waals surface area contributed by atoms with Crippen LogP contribution in [0.2, 0.25) is 10.0 Å². The monoisotopic (exact) mass is 518 g/mol. The van der Waals surface area contributed by atoms with Gasteiger partial charge in [0.15, 0.2) is 0 Å². The van der Waals surface area contributed by atoms with E-state index in [1.54, 1.807) is 6.07 Å². The first-order valence-electron chi connectivity index (χ1n) is 10.6. The van der Waals surface area contributed by atoms with Gasteiger partial charge in [0.05, 0.1) is 27.4 Å². The normalized spacial score (nSPS) is 11.2. The van der Waals surface area contributed by atoms with Gasteiger partial charge in [-0.15, -0.1) is 0 Å². The maximum atomic E-state index is 10.6. The number of carboxylic acid groups (broad SMARTS) is 1. The minimum atomic E-state index is -5.08. The standard InChI is InChI=1S/C21H26Cl2N4.C2HF3O2/c1-5-10-27(11-6-2)18-9-7-8-17-20(18)26(4)21(24-17)25-19-14(3)12-15(22)13-16(19)23;3-2(4,5)1(6)7/h7-9,12-13H,5-6,10-11H2,1-4H3,(H,24,25);(H,6,7). The number of carbonyl (C=O) groups is 1. The zero-order valence-electron chi connectivity index (χ0n) is 19.3. The van der Waals surface area contributed by atoms with Crippen molar-refractivity contribution in [2.45, 2.75) is 39.8 Å². The highest BCUT2D eigenvalue weighted by atomic mass is 35.5. The van der Waals surface area contributed by atoms with Gasteiger partial charge in [0, 0.05) is 25.2 Å². The van der Waals surface area contributed by atoms with Gasteiger partial charge in [0.2, 0.25) is 5.95 Å². The van der Waals surface area contributed by atoms with Gasteiger partial charge in [-0.05, 0) is 49.6 Å². The number of rotatable bonds is 7. The third kappa shape index (κ3) is 6.70. The average Bonchev–Trinajstić information content (AvgIpc) is 3.06. The Morgan fingerprint density at radius 3 is 2.26 bits per heavy atom. The SMILES string of the molecule is CCCN(CCC)c1cccc2nc(Nc3c(C)cc(Cl)cc3Cl)n(C)c12.O=C(O)C(F)(F)F. The summed E-state index contributed by atoms with van der Waals surface area (Å²) in [6.07, 6.45) is -2.86. The number of para-hydroxylation sites is 1. The van der Waals surface area contributed by atoms with Crippen molar-refractivity contribution in [2.75, 3.05) is 23.3 Å². The fourth-order valence-corrected chi connectivity index (χ4v) is 4.12. The lowest BCUT2D eigenvalue weighted by Gasteiger charge is -2.25. The van der Waals surface area contributed by atoms with Crippen LogP contribution in [-0.2, 0) is 11.8 Å². The van der Waals surface area contributed by atoms with Gasteiger partial charge in [-0.2, -0.15) is 13.2 Å². The summed E-state index contributed by atoms with van der Waals surface area (Å²) in [7, 11) is 2.04. The Morgan fingerprint density at radius 1 is 1.18 bits per heavy atom. The molecule has 1 aromatic heterocycles. The van der Waals surface area contributed by atoms with E-state index in [1.165, 1.54) is 5.69 Å². The minimum Gasteiger partial charge on any atom is -0.475 e. The summed E-state index contributed by atoms with van der Waals surface area (Å²) >= 11 is 12.5. The number of benzene rings is 2. The Morgan fingerprint density at radius 2 is 1.76 bits per heavy atom. The predicted molar refractivity (Wildman–Crippen MR) is 132 cm³/mol. The Kier molecular flexibility index (Phi) is 9.46. The number of aryl methyl sites for hydroxylation is 2. The molecule has 0 bridgehead atoms. The van der Waals surface area contributed by atoms with E-state index in [9.17, 15) is 13.2 Å². The molecule has 0 radical (unpaired) electrons. The van der Waals surface area contributed by atoms with Crippen molar-refractivity contribution >= 4 is 57.5 Å². The van der Waals surface area contributed by atoms with E-state index in [4.69, 9.17) is 38.1 Å². The van der Waals surface area contributed by atoms with Gasteiger partial charge in [0.25, 0.3) is 0 Å². The van der Waals surface area contributed by atoms with Crippen LogP contribution in [0.4, 0.5) is 30.5 Å². The molecule has 0 atom stereocenters. The third-order valence-electron chi connectivity index (χ3n) is 4.93. The predicted octanol–water partition coefficient (Wildman–Crippen LogP) is 7.19. The number of nitrogens with zero attached hydrogens (tertiary/aromatic N) is 3. The maximum absolute atomic E-state index is 10.6. The number of hydrogen-bond donors (Lipinski definition) is 2. The topological polar surface area (TPSA) is 70.4 Å². The largest absolute Gasteiger partial charge is 0.490 e. The number of nitrogens with one attached hydrogen (secondary N) is 1. The van der Waals surface area contributed by atoms with Crippen LogP contribution in [0, 0.1) is 6.92 Å². The highest BCUT2D eigenvalue weighted by molar-refractivity contribution is 6.36. The molecule has 0 aliphatic carbocycles. The minimum absolute atomic E-state index is 0.589. The lowest BCUT2D eigenvalue weighted by molar-refractivity contribution is -0.192.